The molecule has 0 aliphatic heterocycles. The van der Waals surface area contributed by atoms with Crippen LogP contribution in [0.1, 0.15) is 58.8 Å². The van der Waals surface area contributed by atoms with Crippen LogP contribution >= 0.6 is 22.6 Å². The molecule has 0 N–H and O–H groups in total. The second-order valence-corrected chi connectivity index (χ2v) is 5.61. The number of ether oxygens (including phenoxy) is 1. The predicted octanol–water partition coefficient (Wildman–Crippen LogP) is 4.58. The van der Waals surface area contributed by atoms with Crippen molar-refractivity contribution in [1.82, 2.24) is 0 Å². The van der Waals surface area contributed by atoms with Crippen LogP contribution in [0.2, 0.25) is 0 Å². The van der Waals surface area contributed by atoms with E-state index in [-0.39, 0.29) is 0 Å². The summed E-state index contributed by atoms with van der Waals surface area (Å²) in [6.07, 6.45) is 9.06. The van der Waals surface area contributed by atoms with Crippen molar-refractivity contribution in [2.75, 3.05) is 13.2 Å². The molecule has 1 atom stereocenters. The molecule has 0 heterocycles. The van der Waals surface area contributed by atoms with E-state index in [0.29, 0.717) is 0 Å². The van der Waals surface area contributed by atoms with Crippen LogP contribution in [0.3, 0.4) is 0 Å². The van der Waals surface area contributed by atoms with Crippen LogP contribution < -0.4 is 0 Å². The van der Waals surface area contributed by atoms with E-state index in [1.165, 1.54) is 44.9 Å². The van der Waals surface area contributed by atoms with Gasteiger partial charge in [-0.3, -0.25) is 0 Å². The van der Waals surface area contributed by atoms with Crippen molar-refractivity contribution >= 4 is 22.6 Å². The van der Waals surface area contributed by atoms with E-state index in [1.54, 1.807) is 0 Å². The Morgan fingerprint density at radius 3 is 2.29 bits per heavy atom. The van der Waals surface area contributed by atoms with E-state index in [1.807, 2.05) is 0 Å². The molecule has 0 aliphatic carbocycles. The minimum Gasteiger partial charge on any atom is -0.381 e. The Morgan fingerprint density at radius 2 is 1.64 bits per heavy atom. The van der Waals surface area contributed by atoms with Gasteiger partial charge in [-0.2, -0.15) is 0 Å². The highest BCUT2D eigenvalue weighted by atomic mass is 127. The largest absolute Gasteiger partial charge is 0.381 e. The lowest BCUT2D eigenvalue weighted by molar-refractivity contribution is 0.126. The number of halogens is 1. The van der Waals surface area contributed by atoms with E-state index in [2.05, 4.69) is 36.4 Å². The van der Waals surface area contributed by atoms with E-state index >= 15 is 0 Å². The molecule has 0 aliphatic rings. The maximum atomic E-state index is 5.56. The first-order chi connectivity index (χ1) is 6.81. The van der Waals surface area contributed by atoms with Gasteiger partial charge in [0.15, 0.2) is 0 Å². The Bertz CT molecular complexity index is 106. The third kappa shape index (κ3) is 10.8. The third-order valence-electron chi connectivity index (χ3n) is 2.30. The first-order valence-electron chi connectivity index (χ1n) is 6.03. The van der Waals surface area contributed by atoms with Gasteiger partial charge in [-0.25, -0.2) is 0 Å². The summed E-state index contributed by atoms with van der Waals surface area (Å²) in [5.74, 6) is 0. The van der Waals surface area contributed by atoms with Gasteiger partial charge in [0.05, 0.1) is 0 Å². The quantitative estimate of drug-likeness (QED) is 0.326. The Kier molecular flexibility index (Phi) is 12.3. The summed E-state index contributed by atoms with van der Waals surface area (Å²) in [5, 5.41) is 0. The average Bonchev–Trinajstić information content (AvgIpc) is 2.17. The number of hydrogen-bond acceptors (Lipinski definition) is 1. The molecule has 86 valence electrons. The van der Waals surface area contributed by atoms with Gasteiger partial charge in [-0.05, 0) is 25.7 Å². The molecule has 1 nitrogen and oxygen atoms in total. The topological polar surface area (TPSA) is 9.23 Å². The van der Waals surface area contributed by atoms with Gasteiger partial charge in [-0.1, -0.05) is 55.7 Å². The minimum absolute atomic E-state index is 0.858. The summed E-state index contributed by atoms with van der Waals surface area (Å²) in [4.78, 5) is 0. The SMILES string of the molecule is CCCCCOCCCC(I)CCC. The molecule has 0 fully saturated rings. The van der Waals surface area contributed by atoms with Gasteiger partial charge < -0.3 is 4.74 Å². The molecule has 14 heavy (non-hydrogen) atoms. The number of rotatable bonds is 10. The molecule has 0 saturated carbocycles. The Hall–Kier alpha value is 0.690. The average molecular weight is 312 g/mol. The highest BCUT2D eigenvalue weighted by molar-refractivity contribution is 14.1. The van der Waals surface area contributed by atoms with Gasteiger partial charge in [0.2, 0.25) is 0 Å². The standard InChI is InChI=1S/C12H25IO/c1-3-5-6-10-14-11-7-9-12(13)8-4-2/h12H,3-11H2,1-2H3. The molecule has 2 heteroatoms. The van der Waals surface area contributed by atoms with Gasteiger partial charge in [-0.15, -0.1) is 0 Å². The summed E-state index contributed by atoms with van der Waals surface area (Å²) in [5.41, 5.74) is 0. The van der Waals surface area contributed by atoms with Crippen molar-refractivity contribution in [2.45, 2.75) is 62.7 Å². The molecule has 0 radical (unpaired) electrons. The smallest absolute Gasteiger partial charge is 0.0466 e. The number of alkyl halides is 1. The van der Waals surface area contributed by atoms with Crippen molar-refractivity contribution < 1.29 is 4.74 Å². The highest BCUT2D eigenvalue weighted by Crippen LogP contribution is 2.14. The third-order valence-corrected chi connectivity index (χ3v) is 3.55. The van der Waals surface area contributed by atoms with Crippen LogP contribution in [0.15, 0.2) is 0 Å². The fraction of sp³-hybridized carbons (Fsp3) is 1.00. The molecule has 0 rings (SSSR count). The number of hydrogen-bond donors (Lipinski definition) is 0. The molecule has 0 aromatic rings. The fourth-order valence-electron chi connectivity index (χ4n) is 1.42. The minimum atomic E-state index is 0.858. The molecular formula is C12H25IO. The Morgan fingerprint density at radius 1 is 0.929 bits per heavy atom. The predicted molar refractivity (Wildman–Crippen MR) is 72.3 cm³/mol. The van der Waals surface area contributed by atoms with Gasteiger partial charge >= 0.3 is 0 Å². The van der Waals surface area contributed by atoms with Crippen LogP contribution in [0, 0.1) is 0 Å². The van der Waals surface area contributed by atoms with Crippen molar-refractivity contribution in [3.8, 4) is 0 Å². The van der Waals surface area contributed by atoms with Crippen molar-refractivity contribution in [3.63, 3.8) is 0 Å². The second-order valence-electron chi connectivity index (χ2n) is 3.85. The molecule has 0 bridgehead atoms. The van der Waals surface area contributed by atoms with Gasteiger partial charge in [0.1, 0.15) is 0 Å². The molecule has 1 unspecified atom stereocenters. The Labute approximate surface area is 103 Å². The van der Waals surface area contributed by atoms with E-state index in [0.717, 1.165) is 17.1 Å². The van der Waals surface area contributed by atoms with Crippen LogP contribution in [-0.2, 0) is 4.74 Å². The zero-order chi connectivity index (χ0) is 10.6. The summed E-state index contributed by atoms with van der Waals surface area (Å²) in [6.45, 7) is 6.42. The highest BCUT2D eigenvalue weighted by Gasteiger charge is 2.01. The maximum absolute atomic E-state index is 5.56. The van der Waals surface area contributed by atoms with Crippen molar-refractivity contribution in [1.29, 1.82) is 0 Å². The van der Waals surface area contributed by atoms with Crippen LogP contribution in [0.4, 0.5) is 0 Å². The van der Waals surface area contributed by atoms with E-state index in [9.17, 15) is 0 Å². The van der Waals surface area contributed by atoms with Gasteiger partial charge in [0, 0.05) is 17.1 Å². The summed E-state index contributed by atoms with van der Waals surface area (Å²) in [6, 6.07) is 0. The second kappa shape index (κ2) is 11.8. The Balaban J connectivity index is 2.98. The lowest BCUT2D eigenvalue weighted by Gasteiger charge is -2.08. The van der Waals surface area contributed by atoms with E-state index < -0.39 is 0 Å². The van der Waals surface area contributed by atoms with Crippen LogP contribution in [-0.4, -0.2) is 17.1 Å². The lowest BCUT2D eigenvalue weighted by Crippen LogP contribution is -2.02. The zero-order valence-corrected chi connectivity index (χ0v) is 11.9. The summed E-state index contributed by atoms with van der Waals surface area (Å²) >= 11 is 2.56. The molecule has 0 aromatic carbocycles. The number of unbranched alkanes of at least 4 members (excludes halogenated alkanes) is 2. The monoisotopic (exact) mass is 312 g/mol. The first kappa shape index (κ1) is 14.7. The molecular weight excluding hydrogens is 287 g/mol. The van der Waals surface area contributed by atoms with E-state index in [4.69, 9.17) is 4.74 Å². The maximum Gasteiger partial charge on any atom is 0.0466 e. The van der Waals surface area contributed by atoms with Gasteiger partial charge in [0.25, 0.3) is 0 Å². The molecule has 0 amide bonds. The van der Waals surface area contributed by atoms with Crippen LogP contribution in [0.25, 0.3) is 0 Å². The zero-order valence-electron chi connectivity index (χ0n) is 9.73. The fourth-order valence-corrected chi connectivity index (χ4v) is 2.48. The molecule has 0 saturated heterocycles. The lowest BCUT2D eigenvalue weighted by atomic mass is 10.2. The van der Waals surface area contributed by atoms with Crippen molar-refractivity contribution in [2.24, 2.45) is 0 Å². The molecule has 0 spiro atoms. The van der Waals surface area contributed by atoms with Crippen LogP contribution in [0.5, 0.6) is 0 Å². The van der Waals surface area contributed by atoms with Crippen molar-refractivity contribution in [3.05, 3.63) is 0 Å². The molecule has 0 aromatic heterocycles. The normalized spacial score (nSPS) is 13.1. The summed E-state index contributed by atoms with van der Waals surface area (Å²) in [7, 11) is 0. The first-order valence-corrected chi connectivity index (χ1v) is 7.27. The summed E-state index contributed by atoms with van der Waals surface area (Å²) < 4.78 is 6.42.